The number of rotatable bonds is 9. The molecular formula is C16H23NO3. The summed E-state index contributed by atoms with van der Waals surface area (Å²) in [5.41, 5.74) is 0.994. The van der Waals surface area contributed by atoms with Crippen molar-refractivity contribution >= 4 is 5.91 Å². The molecule has 0 atom stereocenters. The van der Waals surface area contributed by atoms with Gasteiger partial charge in [0.25, 0.3) is 0 Å². The molecule has 1 amide bonds. The van der Waals surface area contributed by atoms with Gasteiger partial charge in [-0.25, -0.2) is 0 Å². The fourth-order valence-electron chi connectivity index (χ4n) is 1.93. The maximum absolute atomic E-state index is 11.7. The first kappa shape index (κ1) is 14.9. The predicted molar refractivity (Wildman–Crippen MR) is 77.9 cm³/mol. The third-order valence-electron chi connectivity index (χ3n) is 3.36. The van der Waals surface area contributed by atoms with Gasteiger partial charge >= 0.3 is 0 Å². The Bertz CT molecular complexity index is 412. The monoisotopic (exact) mass is 277 g/mol. The lowest BCUT2D eigenvalue weighted by atomic mass is 10.1. The first-order valence-electron chi connectivity index (χ1n) is 7.25. The minimum Gasteiger partial charge on any atom is -0.497 e. The average Bonchev–Trinajstić information content (AvgIpc) is 3.27. The Balaban J connectivity index is 1.54. The molecule has 4 heteroatoms. The Hall–Kier alpha value is -1.55. The summed E-state index contributed by atoms with van der Waals surface area (Å²) in [6.45, 7) is 2.30. The van der Waals surface area contributed by atoms with Crippen LogP contribution >= 0.6 is 0 Å². The third-order valence-corrected chi connectivity index (χ3v) is 3.36. The molecule has 4 nitrogen and oxygen atoms in total. The summed E-state index contributed by atoms with van der Waals surface area (Å²) >= 11 is 0. The molecule has 0 radical (unpaired) electrons. The summed E-state index contributed by atoms with van der Waals surface area (Å²) in [5.74, 6) is 1.67. The van der Waals surface area contributed by atoms with Crippen molar-refractivity contribution in [1.29, 1.82) is 0 Å². The first-order valence-corrected chi connectivity index (χ1v) is 7.25. The van der Waals surface area contributed by atoms with Gasteiger partial charge in [-0.1, -0.05) is 12.1 Å². The van der Waals surface area contributed by atoms with Crippen molar-refractivity contribution in [3.8, 4) is 5.75 Å². The zero-order valence-electron chi connectivity index (χ0n) is 12.1. The van der Waals surface area contributed by atoms with Gasteiger partial charge in [0.05, 0.1) is 13.5 Å². The van der Waals surface area contributed by atoms with Crippen LogP contribution in [-0.2, 0) is 16.0 Å². The van der Waals surface area contributed by atoms with Crippen LogP contribution in [0.3, 0.4) is 0 Å². The van der Waals surface area contributed by atoms with Crippen molar-refractivity contribution in [2.24, 2.45) is 5.92 Å². The van der Waals surface area contributed by atoms with Crippen LogP contribution in [0.15, 0.2) is 24.3 Å². The maximum Gasteiger partial charge on any atom is 0.224 e. The van der Waals surface area contributed by atoms with E-state index in [2.05, 4.69) is 5.32 Å². The van der Waals surface area contributed by atoms with E-state index < -0.39 is 0 Å². The summed E-state index contributed by atoms with van der Waals surface area (Å²) in [4.78, 5) is 11.7. The molecule has 1 fully saturated rings. The smallest absolute Gasteiger partial charge is 0.224 e. The number of amides is 1. The highest BCUT2D eigenvalue weighted by atomic mass is 16.5. The van der Waals surface area contributed by atoms with Crippen molar-refractivity contribution in [1.82, 2.24) is 5.32 Å². The van der Waals surface area contributed by atoms with Gasteiger partial charge < -0.3 is 14.8 Å². The van der Waals surface area contributed by atoms with E-state index in [9.17, 15) is 4.79 Å². The van der Waals surface area contributed by atoms with E-state index >= 15 is 0 Å². The average molecular weight is 277 g/mol. The molecule has 0 heterocycles. The van der Waals surface area contributed by atoms with Crippen molar-refractivity contribution in [2.45, 2.75) is 25.7 Å². The predicted octanol–water partition coefficient (Wildman–Crippen LogP) is 2.17. The second kappa shape index (κ2) is 7.90. The maximum atomic E-state index is 11.7. The third kappa shape index (κ3) is 5.61. The van der Waals surface area contributed by atoms with Crippen LogP contribution in [0.4, 0.5) is 0 Å². The number of hydrogen-bond donors (Lipinski definition) is 1. The van der Waals surface area contributed by atoms with E-state index in [1.165, 1.54) is 12.8 Å². The largest absolute Gasteiger partial charge is 0.497 e. The molecule has 1 aliphatic rings. The summed E-state index contributed by atoms with van der Waals surface area (Å²) in [5, 5.41) is 2.91. The molecule has 1 aromatic carbocycles. The molecular weight excluding hydrogens is 254 g/mol. The van der Waals surface area contributed by atoms with Crippen LogP contribution in [0.5, 0.6) is 5.75 Å². The van der Waals surface area contributed by atoms with Crippen LogP contribution in [0.1, 0.15) is 24.8 Å². The number of hydrogen-bond acceptors (Lipinski definition) is 3. The van der Waals surface area contributed by atoms with Gasteiger partial charge in [0, 0.05) is 19.8 Å². The fourth-order valence-corrected chi connectivity index (χ4v) is 1.93. The molecule has 1 aliphatic carbocycles. The highest BCUT2D eigenvalue weighted by Crippen LogP contribution is 2.28. The second-order valence-electron chi connectivity index (χ2n) is 5.25. The molecule has 0 spiro atoms. The van der Waals surface area contributed by atoms with Crippen LogP contribution in [0.25, 0.3) is 0 Å². The Morgan fingerprint density at radius 1 is 1.30 bits per heavy atom. The number of ether oxygens (including phenoxy) is 2. The molecule has 1 aromatic rings. The molecule has 2 rings (SSSR count). The van der Waals surface area contributed by atoms with Gasteiger partial charge in [-0.05, 0) is 42.9 Å². The lowest BCUT2D eigenvalue weighted by molar-refractivity contribution is -0.120. The van der Waals surface area contributed by atoms with Crippen molar-refractivity contribution in [3.63, 3.8) is 0 Å². The Kier molecular flexibility index (Phi) is 5.87. The van der Waals surface area contributed by atoms with Gasteiger partial charge in [0.15, 0.2) is 0 Å². The molecule has 1 N–H and O–H groups in total. The standard InChI is InChI=1S/C16H23NO3/c1-19-15-7-5-13(6-8-15)11-16(18)17-9-2-10-20-12-14-3-4-14/h5-8,14H,2-4,9-12H2,1H3,(H,17,18). The highest BCUT2D eigenvalue weighted by molar-refractivity contribution is 5.78. The van der Waals surface area contributed by atoms with Gasteiger partial charge in [-0.3, -0.25) is 4.79 Å². The van der Waals surface area contributed by atoms with Gasteiger partial charge in [-0.15, -0.1) is 0 Å². The lowest BCUT2D eigenvalue weighted by Gasteiger charge is -2.06. The summed E-state index contributed by atoms with van der Waals surface area (Å²) in [6.07, 6.45) is 3.92. The number of carbonyl (C=O) groups excluding carboxylic acids is 1. The van der Waals surface area contributed by atoms with Crippen LogP contribution in [0.2, 0.25) is 0 Å². The van der Waals surface area contributed by atoms with E-state index in [0.29, 0.717) is 13.0 Å². The molecule has 0 aliphatic heterocycles. The zero-order valence-corrected chi connectivity index (χ0v) is 12.1. The molecule has 0 saturated heterocycles. The topological polar surface area (TPSA) is 47.6 Å². The molecule has 0 aromatic heterocycles. The number of benzene rings is 1. The van der Waals surface area contributed by atoms with Gasteiger partial charge in [-0.2, -0.15) is 0 Å². The number of carbonyl (C=O) groups is 1. The van der Waals surface area contributed by atoms with Crippen LogP contribution < -0.4 is 10.1 Å². The molecule has 110 valence electrons. The second-order valence-corrected chi connectivity index (χ2v) is 5.25. The molecule has 0 bridgehead atoms. The van der Waals surface area contributed by atoms with Crippen LogP contribution in [0, 0.1) is 5.92 Å². The fraction of sp³-hybridized carbons (Fsp3) is 0.562. The number of nitrogens with one attached hydrogen (secondary N) is 1. The summed E-state index contributed by atoms with van der Waals surface area (Å²) < 4.78 is 10.6. The normalized spacial score (nSPS) is 14.1. The van der Waals surface area contributed by atoms with E-state index in [0.717, 1.165) is 36.9 Å². The van der Waals surface area contributed by atoms with Crippen LogP contribution in [-0.4, -0.2) is 32.8 Å². The lowest BCUT2D eigenvalue weighted by Crippen LogP contribution is -2.26. The van der Waals surface area contributed by atoms with Crippen molar-refractivity contribution < 1.29 is 14.3 Å². The summed E-state index contributed by atoms with van der Waals surface area (Å²) in [6, 6.07) is 7.57. The Morgan fingerprint density at radius 3 is 2.70 bits per heavy atom. The molecule has 20 heavy (non-hydrogen) atoms. The Labute approximate surface area is 120 Å². The van der Waals surface area contributed by atoms with Gasteiger partial charge in [0.2, 0.25) is 5.91 Å². The zero-order chi connectivity index (χ0) is 14.2. The highest BCUT2D eigenvalue weighted by Gasteiger charge is 2.20. The van der Waals surface area contributed by atoms with Gasteiger partial charge in [0.1, 0.15) is 5.75 Å². The Morgan fingerprint density at radius 2 is 2.05 bits per heavy atom. The molecule has 1 saturated carbocycles. The minimum absolute atomic E-state index is 0.0531. The van der Waals surface area contributed by atoms with E-state index in [4.69, 9.17) is 9.47 Å². The quantitative estimate of drug-likeness (QED) is 0.704. The minimum atomic E-state index is 0.0531. The number of methoxy groups -OCH3 is 1. The summed E-state index contributed by atoms with van der Waals surface area (Å²) in [7, 11) is 1.63. The first-order chi connectivity index (χ1) is 9.78. The van der Waals surface area contributed by atoms with Crippen molar-refractivity contribution in [2.75, 3.05) is 26.9 Å². The van der Waals surface area contributed by atoms with E-state index in [1.54, 1.807) is 7.11 Å². The SMILES string of the molecule is COc1ccc(CC(=O)NCCCOCC2CC2)cc1. The van der Waals surface area contributed by atoms with E-state index in [-0.39, 0.29) is 5.91 Å². The van der Waals surface area contributed by atoms with E-state index in [1.807, 2.05) is 24.3 Å². The molecule has 0 unspecified atom stereocenters. The van der Waals surface area contributed by atoms with Crippen molar-refractivity contribution in [3.05, 3.63) is 29.8 Å².